The summed E-state index contributed by atoms with van der Waals surface area (Å²) in [6.07, 6.45) is 2.89. The number of amides is 1. The molecular weight excluding hydrogens is 398 g/mol. The van der Waals surface area contributed by atoms with Crippen LogP contribution in [0.15, 0.2) is 53.4 Å². The zero-order valence-corrected chi connectivity index (χ0v) is 18.7. The van der Waals surface area contributed by atoms with E-state index < -0.39 is 16.1 Å². The van der Waals surface area contributed by atoms with Gasteiger partial charge in [0.2, 0.25) is 15.9 Å². The fourth-order valence-corrected chi connectivity index (χ4v) is 5.01. The van der Waals surface area contributed by atoms with Crippen molar-refractivity contribution in [2.75, 3.05) is 23.7 Å². The SMILES string of the molecule is CC[C@H](C)c1ccc(N[C@H](C)C(=O)Nc2ccc(S(=O)(=O)N3CCCC3)cc2)cc1. The number of hydrogen-bond acceptors (Lipinski definition) is 4. The van der Waals surface area contributed by atoms with E-state index in [9.17, 15) is 13.2 Å². The van der Waals surface area contributed by atoms with Gasteiger partial charge in [-0.2, -0.15) is 4.31 Å². The van der Waals surface area contributed by atoms with Crippen molar-refractivity contribution in [1.82, 2.24) is 4.31 Å². The summed E-state index contributed by atoms with van der Waals surface area (Å²) in [4.78, 5) is 12.8. The first-order chi connectivity index (χ1) is 14.3. The van der Waals surface area contributed by atoms with Crippen molar-refractivity contribution in [2.45, 2.75) is 56.9 Å². The van der Waals surface area contributed by atoms with Gasteiger partial charge in [0, 0.05) is 24.5 Å². The van der Waals surface area contributed by atoms with Gasteiger partial charge >= 0.3 is 0 Å². The van der Waals surface area contributed by atoms with Crippen LogP contribution in [-0.4, -0.2) is 37.8 Å². The summed E-state index contributed by atoms with van der Waals surface area (Å²) >= 11 is 0. The van der Waals surface area contributed by atoms with E-state index >= 15 is 0 Å². The van der Waals surface area contributed by atoms with Crippen LogP contribution in [0.1, 0.15) is 51.5 Å². The monoisotopic (exact) mass is 429 g/mol. The van der Waals surface area contributed by atoms with E-state index in [1.54, 1.807) is 31.2 Å². The third kappa shape index (κ3) is 5.21. The summed E-state index contributed by atoms with van der Waals surface area (Å²) in [6.45, 7) is 7.30. The van der Waals surface area contributed by atoms with Crippen molar-refractivity contribution in [3.05, 3.63) is 54.1 Å². The largest absolute Gasteiger partial charge is 0.374 e. The topological polar surface area (TPSA) is 78.5 Å². The summed E-state index contributed by atoms with van der Waals surface area (Å²) in [6, 6.07) is 14.1. The van der Waals surface area contributed by atoms with Crippen molar-refractivity contribution in [1.29, 1.82) is 0 Å². The van der Waals surface area contributed by atoms with E-state index in [2.05, 4.69) is 36.6 Å². The Kier molecular flexibility index (Phi) is 7.15. The molecule has 30 heavy (non-hydrogen) atoms. The number of carbonyl (C=O) groups excluding carboxylic acids is 1. The van der Waals surface area contributed by atoms with Crippen LogP contribution in [0.5, 0.6) is 0 Å². The molecule has 0 spiro atoms. The summed E-state index contributed by atoms with van der Waals surface area (Å²) in [5.41, 5.74) is 2.74. The molecule has 0 aromatic heterocycles. The van der Waals surface area contributed by atoms with Crippen LogP contribution in [0.25, 0.3) is 0 Å². The Morgan fingerprint density at radius 1 is 0.967 bits per heavy atom. The number of rotatable bonds is 8. The Morgan fingerprint density at radius 2 is 1.53 bits per heavy atom. The third-order valence-electron chi connectivity index (χ3n) is 5.69. The van der Waals surface area contributed by atoms with Crippen molar-refractivity contribution in [2.24, 2.45) is 0 Å². The maximum atomic E-state index is 12.6. The summed E-state index contributed by atoms with van der Waals surface area (Å²) < 4.78 is 26.7. The molecule has 3 rings (SSSR count). The second kappa shape index (κ2) is 9.62. The van der Waals surface area contributed by atoms with Gasteiger partial charge in [-0.15, -0.1) is 0 Å². The quantitative estimate of drug-likeness (QED) is 0.651. The molecule has 1 aliphatic rings. The zero-order chi connectivity index (χ0) is 21.7. The number of sulfonamides is 1. The Bertz CT molecular complexity index is 950. The summed E-state index contributed by atoms with van der Waals surface area (Å²) in [7, 11) is -3.44. The molecule has 1 aliphatic heterocycles. The van der Waals surface area contributed by atoms with Crippen LogP contribution in [0.2, 0.25) is 0 Å². The maximum absolute atomic E-state index is 12.6. The van der Waals surface area contributed by atoms with Crippen molar-refractivity contribution >= 4 is 27.3 Å². The Balaban J connectivity index is 1.58. The van der Waals surface area contributed by atoms with Gasteiger partial charge in [-0.1, -0.05) is 26.0 Å². The predicted molar refractivity (Wildman–Crippen MR) is 121 cm³/mol. The van der Waals surface area contributed by atoms with Crippen LogP contribution in [0.4, 0.5) is 11.4 Å². The highest BCUT2D eigenvalue weighted by molar-refractivity contribution is 7.89. The smallest absolute Gasteiger partial charge is 0.246 e. The lowest BCUT2D eigenvalue weighted by Crippen LogP contribution is -2.32. The van der Waals surface area contributed by atoms with Crippen LogP contribution in [-0.2, 0) is 14.8 Å². The molecule has 1 saturated heterocycles. The number of nitrogens with one attached hydrogen (secondary N) is 2. The van der Waals surface area contributed by atoms with E-state index in [-0.39, 0.29) is 10.8 Å². The van der Waals surface area contributed by atoms with E-state index in [4.69, 9.17) is 0 Å². The van der Waals surface area contributed by atoms with Gasteiger partial charge in [0.25, 0.3) is 0 Å². The van der Waals surface area contributed by atoms with Crippen LogP contribution in [0.3, 0.4) is 0 Å². The average Bonchev–Trinajstić information content (AvgIpc) is 3.30. The third-order valence-corrected chi connectivity index (χ3v) is 7.61. The average molecular weight is 430 g/mol. The molecule has 1 heterocycles. The molecule has 1 amide bonds. The second-order valence-corrected chi connectivity index (χ2v) is 9.86. The maximum Gasteiger partial charge on any atom is 0.246 e. The molecule has 2 N–H and O–H groups in total. The highest BCUT2D eigenvalue weighted by Crippen LogP contribution is 2.23. The Hall–Kier alpha value is -2.38. The van der Waals surface area contributed by atoms with Gasteiger partial charge < -0.3 is 10.6 Å². The Labute approximate surface area is 179 Å². The molecule has 1 fully saturated rings. The lowest BCUT2D eigenvalue weighted by atomic mass is 9.98. The van der Waals surface area contributed by atoms with Gasteiger partial charge in [-0.05, 0) is 74.1 Å². The molecule has 6 nitrogen and oxygen atoms in total. The normalized spacial score (nSPS) is 16.8. The molecule has 0 bridgehead atoms. The minimum absolute atomic E-state index is 0.184. The molecule has 0 unspecified atom stereocenters. The first kappa shape index (κ1) is 22.3. The number of carbonyl (C=O) groups is 1. The summed E-state index contributed by atoms with van der Waals surface area (Å²) in [5.74, 6) is 0.327. The molecule has 0 saturated carbocycles. The minimum atomic E-state index is -3.44. The molecule has 2 aromatic carbocycles. The Morgan fingerprint density at radius 3 is 2.10 bits per heavy atom. The molecule has 2 aromatic rings. The number of nitrogens with zero attached hydrogens (tertiary/aromatic N) is 1. The lowest BCUT2D eigenvalue weighted by molar-refractivity contribution is -0.116. The second-order valence-electron chi connectivity index (χ2n) is 7.92. The molecule has 0 radical (unpaired) electrons. The molecule has 7 heteroatoms. The number of hydrogen-bond donors (Lipinski definition) is 2. The lowest BCUT2D eigenvalue weighted by Gasteiger charge is -2.17. The number of benzene rings is 2. The van der Waals surface area contributed by atoms with Gasteiger partial charge in [0.1, 0.15) is 6.04 Å². The summed E-state index contributed by atoms with van der Waals surface area (Å²) in [5, 5.41) is 6.04. The van der Waals surface area contributed by atoms with E-state index in [1.807, 2.05) is 12.1 Å². The molecule has 0 aliphatic carbocycles. The van der Waals surface area contributed by atoms with Gasteiger partial charge in [-0.25, -0.2) is 8.42 Å². The minimum Gasteiger partial charge on any atom is -0.374 e. The van der Waals surface area contributed by atoms with Crippen LogP contribution >= 0.6 is 0 Å². The molecule has 2 atom stereocenters. The van der Waals surface area contributed by atoms with Crippen molar-refractivity contribution in [3.8, 4) is 0 Å². The first-order valence-electron chi connectivity index (χ1n) is 10.6. The van der Waals surface area contributed by atoms with Gasteiger partial charge in [-0.3, -0.25) is 4.79 Å². The highest BCUT2D eigenvalue weighted by atomic mass is 32.2. The number of anilines is 2. The fraction of sp³-hybridized carbons (Fsp3) is 0.435. The highest BCUT2D eigenvalue weighted by Gasteiger charge is 2.27. The first-order valence-corrected chi connectivity index (χ1v) is 12.0. The molecule has 162 valence electrons. The zero-order valence-electron chi connectivity index (χ0n) is 17.9. The van der Waals surface area contributed by atoms with Crippen molar-refractivity contribution in [3.63, 3.8) is 0 Å². The molecular formula is C23H31N3O3S. The van der Waals surface area contributed by atoms with Crippen LogP contribution in [0, 0.1) is 0 Å². The van der Waals surface area contributed by atoms with E-state index in [1.165, 1.54) is 9.87 Å². The van der Waals surface area contributed by atoms with E-state index in [0.29, 0.717) is 24.7 Å². The van der Waals surface area contributed by atoms with Crippen LogP contribution < -0.4 is 10.6 Å². The standard InChI is InChI=1S/C23H31N3O3S/c1-4-17(2)19-7-9-20(10-8-19)24-18(3)23(27)25-21-11-13-22(14-12-21)30(28,29)26-15-5-6-16-26/h7-14,17-18,24H,4-6,15-16H2,1-3H3,(H,25,27)/t17-,18+/m0/s1. The van der Waals surface area contributed by atoms with E-state index in [0.717, 1.165) is 24.9 Å². The predicted octanol–water partition coefficient (Wildman–Crippen LogP) is 4.42. The van der Waals surface area contributed by atoms with Gasteiger partial charge in [0.15, 0.2) is 0 Å². The van der Waals surface area contributed by atoms with Gasteiger partial charge in [0.05, 0.1) is 4.90 Å². The van der Waals surface area contributed by atoms with Crippen molar-refractivity contribution < 1.29 is 13.2 Å². The fourth-order valence-electron chi connectivity index (χ4n) is 3.50.